The van der Waals surface area contributed by atoms with Gasteiger partial charge in [-0.25, -0.2) is 0 Å². The molecule has 0 aromatic heterocycles. The van der Waals surface area contributed by atoms with Crippen LogP contribution in [-0.2, 0) is 23.7 Å². The number of rotatable bonds is 37. The lowest BCUT2D eigenvalue weighted by atomic mass is 9.97. The number of hydrogen-bond donors (Lipinski definition) is 9. The van der Waals surface area contributed by atoms with Crippen molar-refractivity contribution in [1.29, 1.82) is 0 Å². The number of amides is 1. The van der Waals surface area contributed by atoms with Crippen molar-refractivity contribution in [3.63, 3.8) is 0 Å². The van der Waals surface area contributed by atoms with Crippen molar-refractivity contribution < 1.29 is 64.6 Å². The molecule has 2 rings (SSSR count). The van der Waals surface area contributed by atoms with E-state index in [0.29, 0.717) is 12.8 Å². The molecule has 0 bridgehead atoms. The van der Waals surface area contributed by atoms with Crippen molar-refractivity contribution in [3.05, 3.63) is 48.6 Å². The van der Waals surface area contributed by atoms with Gasteiger partial charge < -0.3 is 65.1 Å². The Bertz CT molecular complexity index is 1260. The van der Waals surface area contributed by atoms with Gasteiger partial charge in [0.1, 0.15) is 48.8 Å². The first-order chi connectivity index (χ1) is 31.1. The minimum Gasteiger partial charge on any atom is -0.394 e. The van der Waals surface area contributed by atoms with Gasteiger partial charge in [-0.15, -0.1) is 0 Å². The van der Waals surface area contributed by atoms with Crippen LogP contribution in [0.2, 0.25) is 0 Å². The van der Waals surface area contributed by atoms with Gasteiger partial charge in [-0.05, 0) is 38.5 Å². The van der Waals surface area contributed by atoms with Crippen LogP contribution in [0, 0.1) is 0 Å². The summed E-state index contributed by atoms with van der Waals surface area (Å²) in [6.07, 6.45) is 25.6. The largest absolute Gasteiger partial charge is 0.394 e. The normalized spacial score (nSPS) is 27.7. The molecule has 14 heteroatoms. The highest BCUT2D eigenvalue weighted by Crippen LogP contribution is 2.30. The average Bonchev–Trinajstić information content (AvgIpc) is 3.29. The van der Waals surface area contributed by atoms with Crippen molar-refractivity contribution in [2.24, 2.45) is 0 Å². The molecule has 0 saturated carbocycles. The number of carbonyl (C=O) groups is 1. The summed E-state index contributed by atoms with van der Waals surface area (Å²) in [4.78, 5) is 13.1. The number of ether oxygens (including phenoxy) is 4. The van der Waals surface area contributed by atoms with E-state index in [1.807, 2.05) is 12.2 Å². The van der Waals surface area contributed by atoms with Crippen LogP contribution in [0.1, 0.15) is 168 Å². The lowest BCUT2D eigenvalue weighted by molar-refractivity contribution is -0.359. The number of hydrogen-bond acceptors (Lipinski definition) is 13. The first-order valence-electron chi connectivity index (χ1n) is 24.9. The Morgan fingerprint density at radius 3 is 1.56 bits per heavy atom. The zero-order valence-electron chi connectivity index (χ0n) is 39.3. The van der Waals surface area contributed by atoms with Crippen LogP contribution < -0.4 is 5.32 Å². The third-order valence-corrected chi connectivity index (χ3v) is 12.1. The maximum absolute atomic E-state index is 13.1. The van der Waals surface area contributed by atoms with Crippen LogP contribution in [0.4, 0.5) is 0 Å². The predicted molar refractivity (Wildman–Crippen MR) is 249 cm³/mol. The third kappa shape index (κ3) is 24.1. The lowest BCUT2D eigenvalue weighted by Gasteiger charge is -2.46. The molecule has 64 heavy (non-hydrogen) atoms. The highest BCUT2D eigenvalue weighted by molar-refractivity contribution is 5.76. The van der Waals surface area contributed by atoms with Gasteiger partial charge >= 0.3 is 0 Å². The second-order valence-electron chi connectivity index (χ2n) is 17.6. The van der Waals surface area contributed by atoms with E-state index in [9.17, 15) is 45.6 Å². The highest BCUT2D eigenvalue weighted by Gasteiger charge is 2.51. The Kier molecular flexibility index (Phi) is 33.6. The number of carbonyl (C=O) groups excluding carboxylic acids is 1. The number of nitrogens with one attached hydrogen (secondary N) is 1. The molecule has 9 N–H and O–H groups in total. The summed E-state index contributed by atoms with van der Waals surface area (Å²) in [6, 6.07) is -0.866. The molecule has 12 unspecified atom stereocenters. The summed E-state index contributed by atoms with van der Waals surface area (Å²) in [5.41, 5.74) is 0. The molecule has 1 amide bonds. The van der Waals surface area contributed by atoms with Crippen molar-refractivity contribution in [3.8, 4) is 0 Å². The van der Waals surface area contributed by atoms with Gasteiger partial charge in [0.05, 0.1) is 32.0 Å². The third-order valence-electron chi connectivity index (χ3n) is 12.1. The lowest BCUT2D eigenvalue weighted by Crippen LogP contribution is -2.65. The second-order valence-corrected chi connectivity index (χ2v) is 17.6. The second kappa shape index (κ2) is 37.0. The molecule has 2 saturated heterocycles. The summed E-state index contributed by atoms with van der Waals surface area (Å²) < 4.78 is 22.7. The van der Waals surface area contributed by atoms with Crippen LogP contribution in [0.3, 0.4) is 0 Å². The molecule has 0 radical (unpaired) electrons. The number of unbranched alkanes of at least 4 members (excludes halogenated alkanes) is 16. The van der Waals surface area contributed by atoms with Gasteiger partial charge in [0.25, 0.3) is 0 Å². The first-order valence-corrected chi connectivity index (χ1v) is 24.9. The van der Waals surface area contributed by atoms with E-state index in [4.69, 9.17) is 18.9 Å². The summed E-state index contributed by atoms with van der Waals surface area (Å²) >= 11 is 0. The molecule has 0 spiro atoms. The Morgan fingerprint density at radius 1 is 0.578 bits per heavy atom. The standard InChI is InChI=1S/C50H89NO13/c1-3-5-7-9-11-13-15-17-18-19-20-22-23-25-27-29-31-33-39(54)38(51-42(55)34-32-30-28-26-24-21-16-14-12-10-8-6-4-2)37-61-49-47(60)45(58)48(41(36-53)63-49)64-50-46(59)44(57)43(56)40(35-52)62-50/h6,8,12,14,21,24,28,30,38-41,43-50,52-54,56-60H,3-5,7,9-11,13,15-20,22-23,25-27,29,31-37H2,1-2H3,(H,51,55)/b8-6-,14-12-,24-21-,30-28-. The minimum atomic E-state index is -1.79. The number of aliphatic hydroxyl groups is 8. The van der Waals surface area contributed by atoms with Crippen molar-refractivity contribution in [2.75, 3.05) is 19.8 Å². The SMILES string of the molecule is CC/C=C\C/C=C\C/C=C\C/C=C\CCC(=O)NC(COC1OC(CO)C(OC2OC(CO)C(O)C(O)C2O)C(O)C1O)C(O)CCCCCCCCCCCCCCCCCCC. The van der Waals surface area contributed by atoms with Crippen LogP contribution in [0.5, 0.6) is 0 Å². The van der Waals surface area contributed by atoms with E-state index in [0.717, 1.165) is 51.4 Å². The first kappa shape index (κ1) is 58.1. The molecule has 372 valence electrons. The Labute approximate surface area is 384 Å². The summed E-state index contributed by atoms with van der Waals surface area (Å²) in [5, 5.41) is 86.7. The molecule has 2 fully saturated rings. The molecule has 0 aromatic rings. The van der Waals surface area contributed by atoms with Crippen molar-refractivity contribution >= 4 is 5.91 Å². The monoisotopic (exact) mass is 912 g/mol. The highest BCUT2D eigenvalue weighted by atomic mass is 16.7. The zero-order chi connectivity index (χ0) is 46.8. The molecule has 0 aliphatic carbocycles. The maximum Gasteiger partial charge on any atom is 0.220 e. The topological polar surface area (TPSA) is 228 Å². The van der Waals surface area contributed by atoms with E-state index in [1.54, 1.807) is 0 Å². The molecule has 14 nitrogen and oxygen atoms in total. The van der Waals surface area contributed by atoms with Crippen molar-refractivity contribution in [1.82, 2.24) is 5.32 Å². The summed E-state index contributed by atoms with van der Waals surface area (Å²) in [6.45, 7) is 2.67. The quantitative estimate of drug-likeness (QED) is 0.0254. The summed E-state index contributed by atoms with van der Waals surface area (Å²) in [5.74, 6) is -0.288. The Hall–Kier alpha value is -2.05. The van der Waals surface area contributed by atoms with Gasteiger partial charge in [0.2, 0.25) is 5.91 Å². The molecule has 2 aliphatic heterocycles. The molecule has 0 aromatic carbocycles. The average molecular weight is 912 g/mol. The van der Waals surface area contributed by atoms with Gasteiger partial charge in [-0.1, -0.05) is 172 Å². The van der Waals surface area contributed by atoms with Crippen LogP contribution in [0.15, 0.2) is 48.6 Å². The van der Waals surface area contributed by atoms with E-state index in [2.05, 4.69) is 55.6 Å². The molecule has 2 heterocycles. The predicted octanol–water partition coefficient (Wildman–Crippen LogP) is 6.10. The van der Waals surface area contributed by atoms with E-state index >= 15 is 0 Å². The van der Waals surface area contributed by atoms with Crippen LogP contribution in [-0.4, -0.2) is 140 Å². The van der Waals surface area contributed by atoms with Crippen LogP contribution in [0.25, 0.3) is 0 Å². The van der Waals surface area contributed by atoms with E-state index in [-0.39, 0.29) is 18.9 Å². The molecule has 12 atom stereocenters. The van der Waals surface area contributed by atoms with Crippen molar-refractivity contribution in [2.45, 2.75) is 242 Å². The zero-order valence-corrected chi connectivity index (χ0v) is 39.3. The van der Waals surface area contributed by atoms with E-state index in [1.165, 1.54) is 83.5 Å². The maximum atomic E-state index is 13.1. The molecular weight excluding hydrogens is 823 g/mol. The fourth-order valence-corrected chi connectivity index (χ4v) is 8.01. The Morgan fingerprint density at radius 2 is 1.05 bits per heavy atom. The van der Waals surface area contributed by atoms with Crippen LogP contribution >= 0.6 is 0 Å². The van der Waals surface area contributed by atoms with E-state index < -0.39 is 86.8 Å². The Balaban J connectivity index is 1.87. The number of allylic oxidation sites excluding steroid dienone is 8. The van der Waals surface area contributed by atoms with Gasteiger partial charge in [-0.2, -0.15) is 0 Å². The van der Waals surface area contributed by atoms with Gasteiger partial charge in [-0.3, -0.25) is 4.79 Å². The smallest absolute Gasteiger partial charge is 0.220 e. The van der Waals surface area contributed by atoms with Gasteiger partial charge in [0.15, 0.2) is 12.6 Å². The molecular formula is C50H89NO13. The summed E-state index contributed by atoms with van der Waals surface area (Å²) in [7, 11) is 0. The molecule has 2 aliphatic rings. The fraction of sp³-hybridized carbons (Fsp3) is 0.820. The minimum absolute atomic E-state index is 0.182. The van der Waals surface area contributed by atoms with Gasteiger partial charge in [0, 0.05) is 6.42 Å². The fourth-order valence-electron chi connectivity index (χ4n) is 8.01. The number of aliphatic hydroxyl groups excluding tert-OH is 8.